The van der Waals surface area contributed by atoms with Gasteiger partial charge in [-0.15, -0.1) is 0 Å². The first kappa shape index (κ1) is 29.9. The van der Waals surface area contributed by atoms with E-state index in [0.717, 1.165) is 72.0 Å². The Labute approximate surface area is 294 Å². The fourth-order valence-corrected chi connectivity index (χ4v) is 6.63. The predicted octanol–water partition coefficient (Wildman–Crippen LogP) is 11.6. The molecule has 51 heavy (non-hydrogen) atoms. The molecule has 7 aromatic carbocycles. The number of benzene rings is 7. The first-order chi connectivity index (χ1) is 25.2. The molecule has 238 valence electrons. The van der Waals surface area contributed by atoms with Crippen LogP contribution in [0, 0.1) is 11.3 Å². The molecule has 0 amide bonds. The van der Waals surface area contributed by atoms with Gasteiger partial charge in [0, 0.05) is 21.9 Å². The van der Waals surface area contributed by atoms with Crippen LogP contribution in [0.15, 0.2) is 174 Å². The molecule has 2 aromatic heterocycles. The largest absolute Gasteiger partial charge is 0.455 e. The average molecular weight is 653 g/mol. The summed E-state index contributed by atoms with van der Waals surface area (Å²) < 4.78 is 6.66. The highest BCUT2D eigenvalue weighted by Gasteiger charge is 2.22. The zero-order valence-corrected chi connectivity index (χ0v) is 27.4. The summed E-state index contributed by atoms with van der Waals surface area (Å²) in [4.78, 5) is 15.4. The summed E-state index contributed by atoms with van der Waals surface area (Å²) in [5, 5.41) is 11.3. The van der Waals surface area contributed by atoms with Crippen molar-refractivity contribution < 1.29 is 4.42 Å². The van der Waals surface area contributed by atoms with Crippen LogP contribution in [0.3, 0.4) is 0 Å². The van der Waals surface area contributed by atoms with E-state index >= 15 is 0 Å². The Bertz CT molecular complexity index is 2730. The molecule has 0 bridgehead atoms. The second-order valence-corrected chi connectivity index (χ2v) is 12.3. The Balaban J connectivity index is 1.27. The Hall–Kier alpha value is -7.16. The number of para-hydroxylation sites is 1. The quantitative estimate of drug-likeness (QED) is 0.179. The van der Waals surface area contributed by atoms with Gasteiger partial charge >= 0.3 is 0 Å². The molecule has 0 aliphatic heterocycles. The highest BCUT2D eigenvalue weighted by atomic mass is 16.3. The molecule has 0 saturated heterocycles. The molecular formula is C46H28N4O. The molecule has 5 heteroatoms. The molecule has 2 heterocycles. The lowest BCUT2D eigenvalue weighted by molar-refractivity contribution is 0.669. The molecule has 0 aliphatic carbocycles. The number of fused-ring (bicyclic) bond motifs is 3. The molecule has 9 rings (SSSR count). The molecule has 0 N–H and O–H groups in total. The number of furan rings is 1. The Morgan fingerprint density at radius 3 is 1.69 bits per heavy atom. The smallest absolute Gasteiger partial charge is 0.168 e. The maximum absolute atomic E-state index is 9.25. The minimum Gasteiger partial charge on any atom is -0.455 e. The van der Waals surface area contributed by atoms with Gasteiger partial charge < -0.3 is 4.42 Å². The molecule has 0 radical (unpaired) electrons. The summed E-state index contributed by atoms with van der Waals surface area (Å²) in [5.74, 6) is 1.68. The Morgan fingerprint density at radius 2 is 0.961 bits per heavy atom. The molecule has 0 aliphatic rings. The molecule has 0 saturated carbocycles. The fraction of sp³-hybridized carbons (Fsp3) is 0. The summed E-state index contributed by atoms with van der Waals surface area (Å²) in [6.45, 7) is 0. The standard InChI is InChI=1S/C46H28N4O/c47-29-30-18-20-32(21-19-30)33-22-24-34(25-23-33)38-26-27-40-39-16-7-8-17-41(39)51-43(40)42(38)46-49-44(35-12-5-2-6-13-35)48-45(50-46)37-15-9-14-36(28-37)31-10-3-1-4-11-31/h1-28H. The monoisotopic (exact) mass is 652 g/mol. The lowest BCUT2D eigenvalue weighted by Gasteiger charge is -2.13. The van der Waals surface area contributed by atoms with E-state index in [-0.39, 0.29) is 0 Å². The maximum Gasteiger partial charge on any atom is 0.168 e. The Morgan fingerprint density at radius 1 is 0.412 bits per heavy atom. The van der Waals surface area contributed by atoms with E-state index in [4.69, 9.17) is 19.4 Å². The van der Waals surface area contributed by atoms with Crippen molar-refractivity contribution in [3.05, 3.63) is 175 Å². The van der Waals surface area contributed by atoms with Crippen LogP contribution in [0.2, 0.25) is 0 Å². The normalized spacial score (nSPS) is 11.1. The minimum atomic E-state index is 0.528. The van der Waals surface area contributed by atoms with Gasteiger partial charge in [-0.3, -0.25) is 0 Å². The van der Waals surface area contributed by atoms with E-state index in [9.17, 15) is 5.26 Å². The second-order valence-electron chi connectivity index (χ2n) is 12.3. The highest BCUT2D eigenvalue weighted by molar-refractivity contribution is 6.12. The third-order valence-electron chi connectivity index (χ3n) is 9.21. The van der Waals surface area contributed by atoms with Crippen molar-refractivity contribution >= 4 is 21.9 Å². The van der Waals surface area contributed by atoms with E-state index in [1.165, 1.54) is 0 Å². The lowest BCUT2D eigenvalue weighted by Crippen LogP contribution is -2.01. The van der Waals surface area contributed by atoms with Crippen LogP contribution < -0.4 is 0 Å². The van der Waals surface area contributed by atoms with Crippen molar-refractivity contribution in [1.82, 2.24) is 15.0 Å². The summed E-state index contributed by atoms with van der Waals surface area (Å²) in [7, 11) is 0. The highest BCUT2D eigenvalue weighted by Crippen LogP contribution is 2.42. The van der Waals surface area contributed by atoms with Crippen LogP contribution in [-0.2, 0) is 0 Å². The summed E-state index contributed by atoms with van der Waals surface area (Å²) in [6, 6.07) is 59.3. The van der Waals surface area contributed by atoms with Crippen molar-refractivity contribution in [2.75, 3.05) is 0 Å². The van der Waals surface area contributed by atoms with Crippen LogP contribution >= 0.6 is 0 Å². The third kappa shape index (κ3) is 5.61. The predicted molar refractivity (Wildman–Crippen MR) is 204 cm³/mol. The SMILES string of the molecule is N#Cc1ccc(-c2ccc(-c3ccc4c(oc5ccccc54)c3-c3nc(-c4ccccc4)nc(-c4cccc(-c5ccccc5)c4)n3)cc2)cc1. The van der Waals surface area contributed by atoms with Crippen molar-refractivity contribution in [2.24, 2.45) is 0 Å². The van der Waals surface area contributed by atoms with Crippen LogP contribution in [0.25, 0.3) is 89.5 Å². The summed E-state index contributed by atoms with van der Waals surface area (Å²) in [6.07, 6.45) is 0. The van der Waals surface area contributed by atoms with Gasteiger partial charge in [-0.2, -0.15) is 5.26 Å². The van der Waals surface area contributed by atoms with Crippen LogP contribution in [0.1, 0.15) is 5.56 Å². The average Bonchev–Trinajstić information content (AvgIpc) is 3.60. The van der Waals surface area contributed by atoms with Gasteiger partial charge in [0.05, 0.1) is 17.2 Å². The van der Waals surface area contributed by atoms with Gasteiger partial charge in [-0.05, 0) is 63.7 Å². The van der Waals surface area contributed by atoms with Gasteiger partial charge in [0.1, 0.15) is 11.2 Å². The number of aromatic nitrogens is 3. The van der Waals surface area contributed by atoms with Gasteiger partial charge in [0.25, 0.3) is 0 Å². The Kier molecular flexibility index (Phi) is 7.46. The van der Waals surface area contributed by atoms with Gasteiger partial charge in [0.2, 0.25) is 0 Å². The maximum atomic E-state index is 9.25. The third-order valence-corrected chi connectivity index (χ3v) is 9.21. The molecule has 0 spiro atoms. The van der Waals surface area contributed by atoms with Gasteiger partial charge in [-0.25, -0.2) is 15.0 Å². The summed E-state index contributed by atoms with van der Waals surface area (Å²) in [5.41, 5.74) is 11.0. The van der Waals surface area contributed by atoms with Gasteiger partial charge in [-0.1, -0.05) is 140 Å². The number of hydrogen-bond acceptors (Lipinski definition) is 5. The zero-order chi connectivity index (χ0) is 34.1. The van der Waals surface area contributed by atoms with E-state index in [1.54, 1.807) is 0 Å². The number of nitrogens with zero attached hydrogens (tertiary/aromatic N) is 4. The van der Waals surface area contributed by atoms with Gasteiger partial charge in [0.15, 0.2) is 17.5 Å². The zero-order valence-electron chi connectivity index (χ0n) is 27.4. The van der Waals surface area contributed by atoms with Crippen molar-refractivity contribution in [1.29, 1.82) is 5.26 Å². The first-order valence-corrected chi connectivity index (χ1v) is 16.7. The minimum absolute atomic E-state index is 0.528. The van der Waals surface area contributed by atoms with Crippen LogP contribution in [-0.4, -0.2) is 15.0 Å². The van der Waals surface area contributed by atoms with E-state index in [0.29, 0.717) is 23.0 Å². The van der Waals surface area contributed by atoms with E-state index in [2.05, 4.69) is 72.8 Å². The number of rotatable bonds is 6. The van der Waals surface area contributed by atoms with E-state index in [1.807, 2.05) is 103 Å². The van der Waals surface area contributed by atoms with Crippen molar-refractivity contribution in [2.45, 2.75) is 0 Å². The topological polar surface area (TPSA) is 75.6 Å². The molecule has 0 fully saturated rings. The van der Waals surface area contributed by atoms with Crippen molar-refractivity contribution in [3.63, 3.8) is 0 Å². The van der Waals surface area contributed by atoms with Crippen LogP contribution in [0.4, 0.5) is 0 Å². The van der Waals surface area contributed by atoms with Crippen LogP contribution in [0.5, 0.6) is 0 Å². The molecule has 5 nitrogen and oxygen atoms in total. The fourth-order valence-electron chi connectivity index (χ4n) is 6.63. The summed E-state index contributed by atoms with van der Waals surface area (Å²) >= 11 is 0. The van der Waals surface area contributed by atoms with Crippen molar-refractivity contribution in [3.8, 4) is 73.6 Å². The molecule has 0 atom stereocenters. The first-order valence-electron chi connectivity index (χ1n) is 16.7. The number of nitriles is 1. The number of hydrogen-bond donors (Lipinski definition) is 0. The van der Waals surface area contributed by atoms with E-state index < -0.39 is 0 Å². The lowest BCUT2D eigenvalue weighted by atomic mass is 9.94. The molecule has 0 unspecified atom stereocenters. The molecule has 9 aromatic rings. The molecular weight excluding hydrogens is 625 g/mol. The second kappa shape index (κ2) is 12.7.